The molecule has 0 aliphatic heterocycles. The molecule has 2 aromatic carbocycles. The van der Waals surface area contributed by atoms with E-state index in [1.165, 1.54) is 12.1 Å². The van der Waals surface area contributed by atoms with Crippen LogP contribution in [0, 0.1) is 13.8 Å². The van der Waals surface area contributed by atoms with Crippen LogP contribution in [-0.4, -0.2) is 25.9 Å². The van der Waals surface area contributed by atoms with Crippen molar-refractivity contribution < 1.29 is 25.9 Å². The summed E-state index contributed by atoms with van der Waals surface area (Å²) in [7, 11) is -9.93. The Labute approximate surface area is 139 Å². The highest BCUT2D eigenvalue weighted by Crippen LogP contribution is 2.37. The normalized spacial score (nSPS) is 12.3. The largest absolute Gasteiger partial charge is 0.744 e. The van der Waals surface area contributed by atoms with Crippen molar-refractivity contribution in [3.8, 4) is 11.1 Å². The minimum absolute atomic E-state index is 0.0480. The van der Waals surface area contributed by atoms with Crippen LogP contribution in [0.3, 0.4) is 0 Å². The van der Waals surface area contributed by atoms with Gasteiger partial charge in [-0.25, -0.2) is 16.8 Å². The molecular weight excluding hydrogens is 356 g/mol. The molecule has 4 N–H and O–H groups in total. The fraction of sp³-hybridized carbons (Fsp3) is 0.143. The lowest BCUT2D eigenvalue weighted by Gasteiger charge is -2.20. The number of anilines is 2. The van der Waals surface area contributed by atoms with E-state index in [2.05, 4.69) is 0 Å². The van der Waals surface area contributed by atoms with E-state index in [9.17, 15) is 25.9 Å². The lowest BCUT2D eigenvalue weighted by molar-refractivity contribution is 0.460. The third-order valence-corrected chi connectivity index (χ3v) is 5.32. The maximum Gasteiger partial charge on any atom is 0.125 e. The summed E-state index contributed by atoms with van der Waals surface area (Å²) in [5.74, 6) is 0. The molecule has 0 aliphatic carbocycles. The lowest BCUT2D eigenvalue weighted by Crippen LogP contribution is -2.08. The van der Waals surface area contributed by atoms with Gasteiger partial charge in [-0.05, 0) is 49.2 Å². The SMILES string of the molecule is Cc1cc(-c2cc(C)c(N)cc2S(=O)(=O)[O-])c(S(=O)(=O)[O-])cc1N. The zero-order chi connectivity index (χ0) is 18.4. The van der Waals surface area contributed by atoms with Gasteiger partial charge in [0.1, 0.15) is 20.2 Å². The van der Waals surface area contributed by atoms with E-state index < -0.39 is 30.0 Å². The zero-order valence-corrected chi connectivity index (χ0v) is 14.4. The molecule has 0 radical (unpaired) electrons. The van der Waals surface area contributed by atoms with Gasteiger partial charge in [0.05, 0.1) is 9.79 Å². The Morgan fingerprint density at radius 3 is 1.25 bits per heavy atom. The number of aryl methyl sites for hydroxylation is 2. The van der Waals surface area contributed by atoms with Gasteiger partial charge in [-0.1, -0.05) is 0 Å². The molecule has 24 heavy (non-hydrogen) atoms. The van der Waals surface area contributed by atoms with E-state index in [0.29, 0.717) is 11.1 Å². The molecule has 0 amide bonds. The van der Waals surface area contributed by atoms with E-state index in [-0.39, 0.29) is 22.5 Å². The van der Waals surface area contributed by atoms with Crippen LogP contribution in [0.25, 0.3) is 11.1 Å². The van der Waals surface area contributed by atoms with Crippen molar-refractivity contribution in [3.05, 3.63) is 35.4 Å². The van der Waals surface area contributed by atoms with E-state index in [1.54, 1.807) is 13.8 Å². The Balaban J connectivity index is 3.02. The Kier molecular flexibility index (Phi) is 4.35. The highest BCUT2D eigenvalue weighted by molar-refractivity contribution is 7.86. The molecular formula is C14H14N2O6S2-2. The predicted octanol–water partition coefficient (Wildman–Crippen LogP) is 0.943. The van der Waals surface area contributed by atoms with Crippen LogP contribution < -0.4 is 11.5 Å². The third kappa shape index (κ3) is 3.36. The predicted molar refractivity (Wildman–Crippen MR) is 86.1 cm³/mol. The molecule has 0 spiro atoms. The molecule has 0 unspecified atom stereocenters. The summed E-state index contributed by atoms with van der Waals surface area (Å²) in [6.45, 7) is 3.10. The Morgan fingerprint density at radius 2 is 1.00 bits per heavy atom. The second-order valence-electron chi connectivity index (χ2n) is 5.32. The van der Waals surface area contributed by atoms with Crippen molar-refractivity contribution in [2.45, 2.75) is 23.6 Å². The van der Waals surface area contributed by atoms with Gasteiger partial charge >= 0.3 is 0 Å². The molecule has 0 aliphatic rings. The van der Waals surface area contributed by atoms with Crippen LogP contribution >= 0.6 is 0 Å². The van der Waals surface area contributed by atoms with Gasteiger partial charge < -0.3 is 20.6 Å². The van der Waals surface area contributed by atoms with Crippen LogP contribution in [0.2, 0.25) is 0 Å². The van der Waals surface area contributed by atoms with Crippen molar-refractivity contribution >= 4 is 31.6 Å². The van der Waals surface area contributed by atoms with Gasteiger partial charge in [-0.3, -0.25) is 0 Å². The van der Waals surface area contributed by atoms with Gasteiger partial charge in [-0.15, -0.1) is 0 Å². The lowest BCUT2D eigenvalue weighted by atomic mass is 10.00. The first-order valence-electron chi connectivity index (χ1n) is 6.54. The van der Waals surface area contributed by atoms with Gasteiger partial charge in [-0.2, -0.15) is 0 Å². The molecule has 0 aromatic heterocycles. The topological polar surface area (TPSA) is 166 Å². The van der Waals surface area contributed by atoms with Crippen molar-refractivity contribution in [3.63, 3.8) is 0 Å². The molecule has 2 aromatic rings. The molecule has 0 saturated carbocycles. The molecule has 0 atom stereocenters. The number of hydrogen-bond donors (Lipinski definition) is 2. The monoisotopic (exact) mass is 370 g/mol. The Bertz CT molecular complexity index is 958. The summed E-state index contributed by atoms with van der Waals surface area (Å²) in [6, 6.07) is 4.39. The maximum absolute atomic E-state index is 11.5. The highest BCUT2D eigenvalue weighted by atomic mass is 32.2. The standard InChI is InChI=1S/C14H16N2O6S2/c1-7-3-9(13(5-11(7)15)23(17,18)19)10-4-8(2)12(16)6-14(10)24(20,21)22/h3-6H,15-16H2,1-2H3,(H,17,18,19)(H,20,21,22)/p-2. The third-order valence-electron chi connectivity index (χ3n) is 3.57. The zero-order valence-electron chi connectivity index (χ0n) is 12.7. The summed E-state index contributed by atoms with van der Waals surface area (Å²) < 4.78 is 69.2. The Morgan fingerprint density at radius 1 is 0.708 bits per heavy atom. The van der Waals surface area contributed by atoms with Crippen molar-refractivity contribution in [2.24, 2.45) is 0 Å². The highest BCUT2D eigenvalue weighted by Gasteiger charge is 2.19. The number of nitrogens with two attached hydrogens (primary N) is 2. The number of hydrogen-bond acceptors (Lipinski definition) is 8. The van der Waals surface area contributed by atoms with E-state index in [4.69, 9.17) is 11.5 Å². The van der Waals surface area contributed by atoms with Crippen LogP contribution in [0.15, 0.2) is 34.1 Å². The van der Waals surface area contributed by atoms with Crippen LogP contribution in [0.4, 0.5) is 11.4 Å². The second-order valence-corrected chi connectivity index (χ2v) is 8.01. The number of nitrogen functional groups attached to an aromatic ring is 2. The second kappa shape index (κ2) is 5.74. The number of rotatable bonds is 3. The summed E-state index contributed by atoms with van der Waals surface area (Å²) in [5.41, 5.74) is 11.8. The first-order chi connectivity index (χ1) is 10.8. The molecule has 130 valence electrons. The summed E-state index contributed by atoms with van der Waals surface area (Å²) >= 11 is 0. The maximum atomic E-state index is 11.5. The average Bonchev–Trinajstić information content (AvgIpc) is 2.41. The smallest absolute Gasteiger partial charge is 0.125 e. The van der Waals surface area contributed by atoms with E-state index in [1.807, 2.05) is 0 Å². The van der Waals surface area contributed by atoms with Crippen LogP contribution in [-0.2, 0) is 20.2 Å². The minimum atomic E-state index is -4.96. The van der Waals surface area contributed by atoms with Crippen molar-refractivity contribution in [2.75, 3.05) is 11.5 Å². The van der Waals surface area contributed by atoms with Gasteiger partial charge in [0, 0.05) is 22.5 Å². The van der Waals surface area contributed by atoms with Crippen LogP contribution in [0.5, 0.6) is 0 Å². The van der Waals surface area contributed by atoms with Gasteiger partial charge in [0.2, 0.25) is 0 Å². The molecule has 0 saturated heterocycles. The summed E-state index contributed by atoms with van der Waals surface area (Å²) in [6.07, 6.45) is 0. The van der Waals surface area contributed by atoms with Crippen LogP contribution in [0.1, 0.15) is 11.1 Å². The first kappa shape index (κ1) is 18.2. The van der Waals surface area contributed by atoms with Gasteiger partial charge in [0.25, 0.3) is 0 Å². The first-order valence-corrected chi connectivity index (χ1v) is 9.36. The molecule has 2 rings (SSSR count). The minimum Gasteiger partial charge on any atom is -0.744 e. The molecule has 10 heteroatoms. The number of benzene rings is 2. The molecule has 0 heterocycles. The fourth-order valence-electron chi connectivity index (χ4n) is 2.24. The quantitative estimate of drug-likeness (QED) is 0.594. The Hall–Kier alpha value is -2.14. The molecule has 0 fully saturated rings. The molecule has 8 nitrogen and oxygen atoms in total. The van der Waals surface area contributed by atoms with Crippen molar-refractivity contribution in [1.82, 2.24) is 0 Å². The summed E-state index contributed by atoms with van der Waals surface area (Å²) in [4.78, 5) is -1.42. The van der Waals surface area contributed by atoms with E-state index in [0.717, 1.165) is 12.1 Å². The van der Waals surface area contributed by atoms with Crippen molar-refractivity contribution in [1.29, 1.82) is 0 Å². The molecule has 0 bridgehead atoms. The van der Waals surface area contributed by atoms with Gasteiger partial charge in [0.15, 0.2) is 0 Å². The van der Waals surface area contributed by atoms with E-state index >= 15 is 0 Å². The fourth-order valence-corrected chi connectivity index (χ4v) is 3.66. The average molecular weight is 370 g/mol. The summed E-state index contributed by atoms with van der Waals surface area (Å²) in [5, 5.41) is 0.